The molecule has 3 aliphatic carbocycles. The van der Waals surface area contributed by atoms with Gasteiger partial charge in [0.25, 0.3) is 0 Å². The van der Waals surface area contributed by atoms with Crippen LogP contribution in [0.25, 0.3) is 0 Å². The zero-order valence-corrected chi connectivity index (χ0v) is 43.8. The van der Waals surface area contributed by atoms with Crippen LogP contribution in [0.15, 0.2) is 94.2 Å². The Balaban J connectivity index is 0.000000232. The van der Waals surface area contributed by atoms with E-state index in [2.05, 4.69) is 59.8 Å². The van der Waals surface area contributed by atoms with Gasteiger partial charge in [-0.1, -0.05) is 57.7 Å². The molecule has 0 aromatic heterocycles. The number of methoxy groups -OCH3 is 1. The highest BCUT2D eigenvalue weighted by molar-refractivity contribution is 6.01. The molecule has 3 spiro atoms. The number of esters is 4. The van der Waals surface area contributed by atoms with Gasteiger partial charge >= 0.3 is 23.9 Å². The third-order valence-electron chi connectivity index (χ3n) is 14.0. The monoisotopic (exact) mass is 987 g/mol. The number of ether oxygens (including phenoxy) is 5. The van der Waals surface area contributed by atoms with Crippen LogP contribution in [0.1, 0.15) is 153 Å². The summed E-state index contributed by atoms with van der Waals surface area (Å²) in [5.41, 5.74) is 4.21. The summed E-state index contributed by atoms with van der Waals surface area (Å²) in [5, 5.41) is 20.1. The summed E-state index contributed by atoms with van der Waals surface area (Å²) in [6.07, 6.45) is 20.0. The number of hydrogen-bond acceptors (Lipinski definition) is 14. The molecule has 71 heavy (non-hydrogen) atoms. The third-order valence-corrected chi connectivity index (χ3v) is 14.0. The van der Waals surface area contributed by atoms with Crippen molar-refractivity contribution in [3.8, 4) is 0 Å². The lowest BCUT2D eigenvalue weighted by Crippen LogP contribution is -2.51. The predicted molar refractivity (Wildman–Crippen MR) is 268 cm³/mol. The maximum atomic E-state index is 12.7. The highest BCUT2D eigenvalue weighted by Crippen LogP contribution is 2.48. The molecule has 14 nitrogen and oxygen atoms in total. The van der Waals surface area contributed by atoms with Gasteiger partial charge < -0.3 is 33.9 Å². The zero-order valence-electron chi connectivity index (χ0n) is 43.8. The molecule has 10 atom stereocenters. The Labute approximate surface area is 420 Å². The number of rotatable bonds is 14. The molecular weight excluding hydrogens is 909 g/mol. The Bertz CT molecular complexity index is 2260. The van der Waals surface area contributed by atoms with Crippen molar-refractivity contribution in [2.75, 3.05) is 7.11 Å². The molecule has 3 aliphatic heterocycles. The summed E-state index contributed by atoms with van der Waals surface area (Å²) in [6, 6.07) is 0. The van der Waals surface area contributed by atoms with Gasteiger partial charge in [-0.2, -0.15) is 0 Å². The zero-order chi connectivity index (χ0) is 52.8. The molecule has 390 valence electrons. The molecule has 14 heteroatoms. The number of Topliss-reactive ketones (excluding diaryl/α,β-unsaturated/α-hetero) is 1. The van der Waals surface area contributed by atoms with Crippen LogP contribution in [0.3, 0.4) is 0 Å². The Morgan fingerprint density at radius 3 is 1.39 bits per heavy atom. The molecule has 6 aliphatic rings. The topological polar surface area (TPSA) is 206 Å². The fourth-order valence-corrected chi connectivity index (χ4v) is 10.1. The van der Waals surface area contributed by atoms with Gasteiger partial charge in [-0.05, 0) is 150 Å². The van der Waals surface area contributed by atoms with Crippen LogP contribution >= 0.6 is 0 Å². The SMILES string of the molecule is CC(=O)O[C@@H]1C=CC(=O)C2(CC(=O)O[C@@H]2/C=C(\C)CCC=C(C)C)C1.CC(C)=CCC/C(C)=C/[C@H]1OC(=O)CC12C[C@H](O)C=CC2=O.CO[C@@H]1CC(=O)C2(CC(=O)O[C@@H]2/C=C(\C)CCC=C(C)C)C[C@@H]1O. The van der Waals surface area contributed by atoms with Crippen LogP contribution in [-0.2, 0) is 57.2 Å². The Morgan fingerprint density at radius 2 is 0.986 bits per heavy atom. The van der Waals surface area contributed by atoms with Gasteiger partial charge in [-0.15, -0.1) is 0 Å². The average Bonchev–Trinajstić information content (AvgIpc) is 3.86. The fourth-order valence-electron chi connectivity index (χ4n) is 10.1. The maximum Gasteiger partial charge on any atom is 0.307 e. The van der Waals surface area contributed by atoms with Crippen molar-refractivity contribution in [1.29, 1.82) is 0 Å². The van der Waals surface area contributed by atoms with Crippen LogP contribution in [0, 0.1) is 16.2 Å². The van der Waals surface area contributed by atoms with Crippen molar-refractivity contribution in [3.63, 3.8) is 0 Å². The number of ketones is 3. The van der Waals surface area contributed by atoms with E-state index in [4.69, 9.17) is 23.7 Å². The minimum atomic E-state index is -0.969. The minimum Gasteiger partial charge on any atom is -0.458 e. The minimum absolute atomic E-state index is 0.0242. The van der Waals surface area contributed by atoms with E-state index in [0.29, 0.717) is 0 Å². The second kappa shape index (κ2) is 25.9. The van der Waals surface area contributed by atoms with Crippen LogP contribution < -0.4 is 0 Å². The summed E-state index contributed by atoms with van der Waals surface area (Å²) < 4.78 is 26.7. The fraction of sp³-hybridized carbons (Fsp3) is 0.596. The summed E-state index contributed by atoms with van der Waals surface area (Å²) in [5.74, 6) is -1.84. The van der Waals surface area contributed by atoms with Crippen LogP contribution in [-0.4, -0.2) is 101 Å². The number of aliphatic hydroxyl groups excluding tert-OH is 2. The predicted octanol–water partition coefficient (Wildman–Crippen LogP) is 9.03. The van der Waals surface area contributed by atoms with Crippen LogP contribution in [0.4, 0.5) is 0 Å². The van der Waals surface area contributed by atoms with Gasteiger partial charge in [0, 0.05) is 26.9 Å². The van der Waals surface area contributed by atoms with Crippen molar-refractivity contribution in [1.82, 2.24) is 0 Å². The van der Waals surface area contributed by atoms with Crippen LogP contribution in [0.5, 0.6) is 0 Å². The van der Waals surface area contributed by atoms with Crippen molar-refractivity contribution < 1.29 is 67.5 Å². The highest BCUT2D eigenvalue weighted by Gasteiger charge is 2.58. The summed E-state index contributed by atoms with van der Waals surface area (Å²) >= 11 is 0. The lowest BCUT2D eigenvalue weighted by atomic mass is 9.66. The summed E-state index contributed by atoms with van der Waals surface area (Å²) in [7, 11) is 1.49. The van der Waals surface area contributed by atoms with Gasteiger partial charge in [-0.25, -0.2) is 0 Å². The lowest BCUT2D eigenvalue weighted by Gasteiger charge is -2.39. The first-order chi connectivity index (χ1) is 33.3. The molecule has 1 saturated carbocycles. The van der Waals surface area contributed by atoms with Crippen molar-refractivity contribution in [2.45, 2.75) is 195 Å². The number of hydrogen-bond donors (Lipinski definition) is 2. The first-order valence-electron chi connectivity index (χ1n) is 24.9. The second-order valence-corrected chi connectivity index (χ2v) is 21.0. The number of cyclic esters (lactones) is 3. The van der Waals surface area contributed by atoms with E-state index in [1.54, 1.807) is 6.08 Å². The smallest absolute Gasteiger partial charge is 0.307 e. The van der Waals surface area contributed by atoms with E-state index < -0.39 is 64.9 Å². The molecule has 4 fully saturated rings. The van der Waals surface area contributed by atoms with Gasteiger partial charge in [0.2, 0.25) is 0 Å². The standard InChI is InChI=1S/C20H26O5.C19H28O5.C18H24O4/c1-13(2)6-5-7-14(3)10-18-20(12-19(23)25-18)11-16(24-15(4)21)8-9-17(20)22;1-12(2)6-5-7-13(3)8-17-19(11-18(22)24-17)10-14(20)15(23-4)9-16(19)21;1-12(2)5-4-6-13(3)9-16-18(11-17(21)22-16)10-14(19)7-8-15(18)20/h6,8-10,16,18H,5,7,11-12H2,1-4H3;6,8,14-15,17,20H,5,7,9-11H2,1-4H3;5,7-9,14,16,19H,4,6,10-11H2,1-3H3/b14-10+;13-8+;13-9+/t16-,18-,20?;14-,15+,17+,19?;14-,16-,18?/m101/s1. The summed E-state index contributed by atoms with van der Waals surface area (Å²) in [4.78, 5) is 84.5. The van der Waals surface area contributed by atoms with E-state index in [9.17, 15) is 43.8 Å². The molecular formula is C57H78O14. The molecule has 0 aromatic carbocycles. The molecule has 0 radical (unpaired) electrons. The Hall–Kier alpha value is -5.31. The highest BCUT2D eigenvalue weighted by atomic mass is 16.6. The number of carbonyl (C=O) groups excluding carboxylic acids is 7. The molecule has 3 saturated heterocycles. The van der Waals surface area contributed by atoms with Crippen molar-refractivity contribution in [3.05, 3.63) is 94.2 Å². The number of carbonyl (C=O) groups is 7. The Morgan fingerprint density at radius 1 is 0.592 bits per heavy atom. The van der Waals surface area contributed by atoms with E-state index in [1.165, 1.54) is 49.0 Å². The second-order valence-electron chi connectivity index (χ2n) is 21.0. The van der Waals surface area contributed by atoms with Gasteiger partial charge in [0.15, 0.2) is 11.6 Å². The van der Waals surface area contributed by atoms with Crippen molar-refractivity contribution >= 4 is 41.2 Å². The number of aliphatic hydroxyl groups is 2. The molecule has 2 N–H and O–H groups in total. The quantitative estimate of drug-likeness (QED) is 0.0947. The third kappa shape index (κ3) is 15.8. The molecule has 0 aromatic rings. The van der Waals surface area contributed by atoms with E-state index in [1.807, 2.05) is 39.0 Å². The van der Waals surface area contributed by atoms with E-state index in [-0.39, 0.29) is 80.2 Å². The van der Waals surface area contributed by atoms with Gasteiger partial charge in [-0.3, -0.25) is 33.6 Å². The van der Waals surface area contributed by atoms with E-state index in [0.717, 1.165) is 55.2 Å². The molecule has 3 unspecified atom stereocenters. The normalized spacial score (nSPS) is 31.3. The number of allylic oxidation sites excluding steroid dienone is 11. The maximum absolute atomic E-state index is 12.7. The van der Waals surface area contributed by atoms with Crippen LogP contribution in [0.2, 0.25) is 0 Å². The molecule has 0 bridgehead atoms. The van der Waals surface area contributed by atoms with E-state index >= 15 is 0 Å². The first-order valence-corrected chi connectivity index (χ1v) is 24.9. The Kier molecular flexibility index (Phi) is 21.2. The van der Waals surface area contributed by atoms with Crippen molar-refractivity contribution in [2.24, 2.45) is 16.2 Å². The largest absolute Gasteiger partial charge is 0.458 e. The van der Waals surface area contributed by atoms with Gasteiger partial charge in [0.1, 0.15) is 30.2 Å². The lowest BCUT2D eigenvalue weighted by molar-refractivity contribution is -0.149. The molecule has 6 rings (SSSR count). The molecule has 3 heterocycles. The average molecular weight is 987 g/mol. The first kappa shape index (κ1) is 58.3. The summed E-state index contributed by atoms with van der Waals surface area (Å²) in [6.45, 7) is 19.6. The van der Waals surface area contributed by atoms with Gasteiger partial charge in [0.05, 0.1) is 53.8 Å². The molecule has 0 amide bonds.